The molecule has 1 amide bonds. The van der Waals surface area contributed by atoms with Gasteiger partial charge in [-0.3, -0.25) is 14.5 Å². The van der Waals surface area contributed by atoms with Crippen LogP contribution in [0.4, 0.5) is 5.13 Å². The van der Waals surface area contributed by atoms with E-state index in [1.165, 1.54) is 28.0 Å². The number of rotatable bonds is 11. The van der Waals surface area contributed by atoms with E-state index in [1.54, 1.807) is 48.5 Å². The molecule has 3 aromatic carbocycles. The number of amides is 1. The van der Waals surface area contributed by atoms with Gasteiger partial charge in [0.2, 0.25) is 5.13 Å². The van der Waals surface area contributed by atoms with Gasteiger partial charge in [-0.1, -0.05) is 65.4 Å². The number of hydrogen-bond acceptors (Lipinski definition) is 10. The molecule has 0 bridgehead atoms. The minimum Gasteiger partial charge on any atom is -0.507 e. The molecule has 0 saturated carbocycles. The number of Topliss-reactive ketones (excluding diaryl/α,β-unsaturated/α-hetero) is 1. The Kier molecular flexibility index (Phi) is 9.98. The number of ketones is 1. The summed E-state index contributed by atoms with van der Waals surface area (Å²) in [4.78, 5) is 28.9. The van der Waals surface area contributed by atoms with E-state index >= 15 is 0 Å². The van der Waals surface area contributed by atoms with E-state index in [0.717, 1.165) is 23.3 Å². The first kappa shape index (κ1) is 33.1. The van der Waals surface area contributed by atoms with E-state index in [-0.39, 0.29) is 22.6 Å². The number of ether oxygens (including phenoxy) is 3. The van der Waals surface area contributed by atoms with Crippen molar-refractivity contribution in [1.82, 2.24) is 10.2 Å². The van der Waals surface area contributed by atoms with Gasteiger partial charge in [0.25, 0.3) is 5.78 Å². The van der Waals surface area contributed by atoms with Crippen LogP contribution >= 0.6 is 46.3 Å². The van der Waals surface area contributed by atoms with Crippen LogP contribution in [-0.4, -0.2) is 46.3 Å². The Balaban J connectivity index is 1.42. The molecule has 13 heteroatoms. The predicted molar refractivity (Wildman–Crippen MR) is 184 cm³/mol. The number of anilines is 1. The molecule has 47 heavy (non-hydrogen) atoms. The molecule has 2 atom stereocenters. The Labute approximate surface area is 290 Å². The van der Waals surface area contributed by atoms with Crippen molar-refractivity contribution in [2.24, 2.45) is 0 Å². The van der Waals surface area contributed by atoms with E-state index in [2.05, 4.69) is 10.2 Å². The van der Waals surface area contributed by atoms with Gasteiger partial charge in [-0.15, -0.1) is 10.2 Å². The summed E-state index contributed by atoms with van der Waals surface area (Å²) in [5.41, 5.74) is 2.65. The van der Waals surface area contributed by atoms with E-state index < -0.39 is 17.7 Å². The normalized spacial score (nSPS) is 18.4. The van der Waals surface area contributed by atoms with Crippen molar-refractivity contribution < 1.29 is 28.9 Å². The van der Waals surface area contributed by atoms with Crippen LogP contribution in [0.5, 0.6) is 17.2 Å². The van der Waals surface area contributed by atoms with Crippen LogP contribution < -0.4 is 19.1 Å². The number of halogens is 2. The highest BCUT2D eigenvalue weighted by molar-refractivity contribution is 8.00. The molecule has 1 N–H and O–H groups in total. The number of aliphatic hydroxyl groups excluding tert-OH is 1. The molecule has 1 aromatic heterocycles. The summed E-state index contributed by atoms with van der Waals surface area (Å²) in [5.74, 6) is 0.267. The Morgan fingerprint density at radius 1 is 1.06 bits per heavy atom. The highest BCUT2D eigenvalue weighted by atomic mass is 35.5. The highest BCUT2D eigenvalue weighted by Gasteiger charge is 2.48. The average molecular weight is 713 g/mol. The average Bonchev–Trinajstić information content (AvgIpc) is 3.74. The second kappa shape index (κ2) is 14.1. The molecule has 2 aliphatic rings. The molecule has 0 aliphatic carbocycles. The summed E-state index contributed by atoms with van der Waals surface area (Å²) < 4.78 is 18.2. The maximum absolute atomic E-state index is 13.8. The fourth-order valence-electron chi connectivity index (χ4n) is 5.50. The van der Waals surface area contributed by atoms with E-state index in [9.17, 15) is 14.7 Å². The Bertz CT molecular complexity index is 1880. The van der Waals surface area contributed by atoms with Crippen molar-refractivity contribution in [3.05, 3.63) is 92.5 Å². The van der Waals surface area contributed by atoms with Gasteiger partial charge in [-0.2, -0.15) is 0 Å². The highest BCUT2D eigenvalue weighted by Crippen LogP contribution is 2.46. The molecule has 244 valence electrons. The molecule has 1 fully saturated rings. The van der Waals surface area contributed by atoms with Gasteiger partial charge in [0.15, 0.2) is 15.8 Å². The van der Waals surface area contributed by atoms with E-state index in [0.29, 0.717) is 62.4 Å². The molecule has 0 spiro atoms. The van der Waals surface area contributed by atoms with E-state index in [1.807, 2.05) is 26.8 Å². The van der Waals surface area contributed by atoms with Crippen molar-refractivity contribution in [2.75, 3.05) is 18.1 Å². The third-order valence-corrected chi connectivity index (χ3v) is 10.3. The summed E-state index contributed by atoms with van der Waals surface area (Å²) in [7, 11) is 0. The van der Waals surface area contributed by atoms with Gasteiger partial charge in [-0.25, -0.2) is 0 Å². The maximum Gasteiger partial charge on any atom is 0.301 e. The fraction of sp³-hybridized carbons (Fsp3) is 0.294. The molecule has 3 heterocycles. The standard InChI is InChI=1S/C34H31Cl2N3O6S2/c1-4-12-44-26-11-7-19(15-27(26)43-5-2)29-28(30(40)20-8-10-25-22(14-20)13-18(3)45-25)31(41)32(42)39(29)33-37-38-34(47-33)46-17-21-6-9-23(35)16-24(21)36/h6-11,14-16,18,29,40H,4-5,12-13,17H2,1-3H3/b30-28+/t18-,29+/m0/s1. The first-order valence-electron chi connectivity index (χ1n) is 15.1. The van der Waals surface area contributed by atoms with Crippen LogP contribution in [0.25, 0.3) is 5.76 Å². The Hall–Kier alpha value is -3.77. The largest absolute Gasteiger partial charge is 0.507 e. The number of benzene rings is 3. The number of aliphatic hydroxyl groups is 1. The van der Waals surface area contributed by atoms with E-state index in [4.69, 9.17) is 37.4 Å². The quantitative estimate of drug-likeness (QED) is 0.0540. The first-order valence-corrected chi connectivity index (χ1v) is 17.6. The zero-order chi connectivity index (χ0) is 33.2. The van der Waals surface area contributed by atoms with Gasteiger partial charge >= 0.3 is 5.91 Å². The molecular formula is C34H31Cl2N3O6S2. The predicted octanol–water partition coefficient (Wildman–Crippen LogP) is 8.27. The van der Waals surface area contributed by atoms with Crippen LogP contribution in [0.2, 0.25) is 10.0 Å². The molecule has 9 nitrogen and oxygen atoms in total. The molecule has 2 aliphatic heterocycles. The molecule has 0 radical (unpaired) electrons. The molecule has 6 rings (SSSR count). The maximum atomic E-state index is 13.8. The lowest BCUT2D eigenvalue weighted by Gasteiger charge is -2.23. The zero-order valence-corrected chi connectivity index (χ0v) is 28.9. The summed E-state index contributed by atoms with van der Waals surface area (Å²) in [6.45, 7) is 6.69. The minimum absolute atomic E-state index is 0.00131. The lowest BCUT2D eigenvalue weighted by Crippen LogP contribution is -2.29. The lowest BCUT2D eigenvalue weighted by molar-refractivity contribution is -0.132. The topological polar surface area (TPSA) is 111 Å². The van der Waals surface area contributed by atoms with Gasteiger partial charge in [0.1, 0.15) is 17.6 Å². The van der Waals surface area contributed by atoms with Gasteiger partial charge in [0.05, 0.1) is 24.8 Å². The van der Waals surface area contributed by atoms with Crippen molar-refractivity contribution in [1.29, 1.82) is 0 Å². The number of nitrogens with zero attached hydrogens (tertiary/aromatic N) is 3. The van der Waals surface area contributed by atoms with Crippen molar-refractivity contribution in [2.45, 2.75) is 55.9 Å². The summed E-state index contributed by atoms with van der Waals surface area (Å²) >= 11 is 15.0. The van der Waals surface area contributed by atoms with Crippen LogP contribution in [0, 0.1) is 0 Å². The second-order valence-electron chi connectivity index (χ2n) is 11.0. The smallest absolute Gasteiger partial charge is 0.301 e. The Morgan fingerprint density at radius 2 is 1.89 bits per heavy atom. The minimum atomic E-state index is -1.02. The number of carbonyl (C=O) groups is 2. The van der Waals surface area contributed by atoms with Gasteiger partial charge in [0, 0.05) is 27.8 Å². The number of hydrogen-bond donors (Lipinski definition) is 1. The molecule has 1 saturated heterocycles. The fourth-order valence-corrected chi connectivity index (χ4v) is 7.93. The summed E-state index contributed by atoms with van der Waals surface area (Å²) in [6.07, 6.45) is 1.47. The van der Waals surface area contributed by atoms with Crippen molar-refractivity contribution in [3.63, 3.8) is 0 Å². The zero-order valence-electron chi connectivity index (χ0n) is 25.8. The second-order valence-corrected chi connectivity index (χ2v) is 14.0. The number of fused-ring (bicyclic) bond motifs is 1. The summed E-state index contributed by atoms with van der Waals surface area (Å²) in [5, 5.41) is 21.6. The third kappa shape index (κ3) is 6.80. The summed E-state index contributed by atoms with van der Waals surface area (Å²) in [6, 6.07) is 14.8. The lowest BCUT2D eigenvalue weighted by atomic mass is 9.94. The number of carbonyl (C=O) groups excluding carboxylic acids is 2. The van der Waals surface area contributed by atoms with Crippen LogP contribution in [-0.2, 0) is 21.8 Å². The first-order chi connectivity index (χ1) is 22.7. The molecular weight excluding hydrogens is 681 g/mol. The van der Waals surface area contributed by atoms with Crippen LogP contribution in [0.15, 0.2) is 64.5 Å². The van der Waals surface area contributed by atoms with Crippen LogP contribution in [0.3, 0.4) is 0 Å². The SMILES string of the molecule is CCCOc1ccc([C@@H]2/C(=C(\O)c3ccc4c(c3)C[C@H](C)O4)C(=O)C(=O)N2c2nnc(SCc3ccc(Cl)cc3Cl)s2)cc1OCC. The van der Waals surface area contributed by atoms with Gasteiger partial charge in [-0.05, 0) is 79.4 Å². The van der Waals surface area contributed by atoms with Gasteiger partial charge < -0.3 is 19.3 Å². The van der Waals surface area contributed by atoms with Crippen molar-refractivity contribution >= 4 is 68.9 Å². The molecule has 4 aromatic rings. The van der Waals surface area contributed by atoms with Crippen molar-refractivity contribution in [3.8, 4) is 17.2 Å². The number of thioether (sulfide) groups is 1. The monoisotopic (exact) mass is 711 g/mol. The van der Waals surface area contributed by atoms with Crippen LogP contribution in [0.1, 0.15) is 55.5 Å². The number of aromatic nitrogens is 2. The Morgan fingerprint density at radius 3 is 2.66 bits per heavy atom. The third-order valence-electron chi connectivity index (χ3n) is 7.63. The molecule has 0 unspecified atom stereocenters.